The molecule has 1 aliphatic rings. The van der Waals surface area contributed by atoms with E-state index in [-0.39, 0.29) is 11.9 Å². The molecule has 1 fully saturated rings. The van der Waals surface area contributed by atoms with Crippen molar-refractivity contribution in [2.24, 2.45) is 5.41 Å². The Morgan fingerprint density at radius 1 is 1.20 bits per heavy atom. The van der Waals surface area contributed by atoms with Gasteiger partial charge in [-0.3, -0.25) is 4.79 Å². The molecule has 0 bridgehead atoms. The van der Waals surface area contributed by atoms with E-state index in [0.29, 0.717) is 41.5 Å². The molecule has 1 amide bonds. The van der Waals surface area contributed by atoms with Crippen LogP contribution in [-0.4, -0.2) is 60.7 Å². The third kappa shape index (κ3) is 3.33. The van der Waals surface area contributed by atoms with Gasteiger partial charge in [0.25, 0.3) is 0 Å². The Kier molecular flexibility index (Phi) is 5.05. The summed E-state index contributed by atoms with van der Waals surface area (Å²) in [6.07, 6.45) is 5.03. The fourth-order valence-electron chi connectivity index (χ4n) is 3.86. The fourth-order valence-corrected chi connectivity index (χ4v) is 3.86. The number of rotatable bonds is 3. The van der Waals surface area contributed by atoms with Gasteiger partial charge >= 0.3 is 0 Å². The Bertz CT molecular complexity index is 1150. The van der Waals surface area contributed by atoms with Gasteiger partial charge in [-0.25, -0.2) is 24.9 Å². The molecule has 0 spiro atoms. The van der Waals surface area contributed by atoms with E-state index in [4.69, 9.17) is 0 Å². The standard InChI is InChI=1S/C20H22N8O2/c1-20(19(30)22-3)10-12(9-13(20)29)28-11-25-16-17(21-2)26-15(27-18(16)28)6-5-14-23-7-4-8-24-14/h4,7-8,11-13,29H,9-10H2,1-3H3,(H,22,30)(H,21,26,27)/t12-,13-,20?/m0/s1. The van der Waals surface area contributed by atoms with Crippen LogP contribution in [0.5, 0.6) is 0 Å². The number of amides is 1. The maximum absolute atomic E-state index is 12.3. The molecule has 0 aromatic carbocycles. The Balaban J connectivity index is 1.74. The van der Waals surface area contributed by atoms with Crippen molar-refractivity contribution in [1.82, 2.24) is 34.8 Å². The second kappa shape index (κ2) is 7.68. The van der Waals surface area contributed by atoms with Crippen LogP contribution in [0, 0.1) is 17.3 Å². The summed E-state index contributed by atoms with van der Waals surface area (Å²) in [7, 11) is 3.33. The largest absolute Gasteiger partial charge is 0.392 e. The minimum Gasteiger partial charge on any atom is -0.392 e. The molecule has 1 aliphatic carbocycles. The lowest BCUT2D eigenvalue weighted by Gasteiger charge is -2.25. The molecule has 3 atom stereocenters. The number of nitrogens with zero attached hydrogens (tertiary/aromatic N) is 6. The summed E-state index contributed by atoms with van der Waals surface area (Å²) in [4.78, 5) is 33.9. The highest BCUT2D eigenvalue weighted by molar-refractivity contribution is 5.84. The molecule has 1 unspecified atom stereocenters. The van der Waals surface area contributed by atoms with Gasteiger partial charge in [0.05, 0.1) is 17.8 Å². The quantitative estimate of drug-likeness (QED) is 0.536. The first-order valence-electron chi connectivity index (χ1n) is 9.58. The molecule has 0 radical (unpaired) electrons. The third-order valence-electron chi connectivity index (χ3n) is 5.54. The molecule has 4 rings (SSSR count). The SMILES string of the molecule is CNC(=O)C1(C)C[C@@H](n2cnc3c(NC)nc(C#Cc4ncccn4)nc32)C[C@@H]1O. The lowest BCUT2D eigenvalue weighted by atomic mass is 9.85. The predicted molar refractivity (Wildman–Crippen MR) is 109 cm³/mol. The van der Waals surface area contributed by atoms with E-state index in [1.54, 1.807) is 45.8 Å². The highest BCUT2D eigenvalue weighted by Gasteiger charge is 2.49. The van der Waals surface area contributed by atoms with E-state index in [0.717, 1.165) is 0 Å². The van der Waals surface area contributed by atoms with Gasteiger partial charge in [-0.15, -0.1) is 0 Å². The zero-order valence-corrected chi connectivity index (χ0v) is 16.9. The van der Waals surface area contributed by atoms with Crippen molar-refractivity contribution < 1.29 is 9.90 Å². The minimum absolute atomic E-state index is 0.134. The second-order valence-electron chi connectivity index (χ2n) is 7.40. The second-order valence-corrected chi connectivity index (χ2v) is 7.40. The van der Waals surface area contributed by atoms with Crippen LogP contribution in [0.1, 0.15) is 37.5 Å². The van der Waals surface area contributed by atoms with E-state index >= 15 is 0 Å². The molecular weight excluding hydrogens is 384 g/mol. The normalized spacial score (nSPS) is 23.1. The fraction of sp³-hybridized carbons (Fsp3) is 0.400. The highest BCUT2D eigenvalue weighted by atomic mass is 16.3. The zero-order valence-electron chi connectivity index (χ0n) is 16.9. The molecule has 0 saturated heterocycles. The lowest BCUT2D eigenvalue weighted by molar-refractivity contribution is -0.134. The van der Waals surface area contributed by atoms with Crippen molar-refractivity contribution in [3.8, 4) is 11.8 Å². The summed E-state index contributed by atoms with van der Waals surface area (Å²) in [5.74, 6) is 6.79. The first-order valence-corrected chi connectivity index (χ1v) is 9.58. The van der Waals surface area contributed by atoms with Gasteiger partial charge < -0.3 is 20.3 Å². The van der Waals surface area contributed by atoms with Crippen LogP contribution in [0.2, 0.25) is 0 Å². The summed E-state index contributed by atoms with van der Waals surface area (Å²) >= 11 is 0. The number of hydrogen-bond acceptors (Lipinski definition) is 8. The number of hydrogen-bond donors (Lipinski definition) is 3. The summed E-state index contributed by atoms with van der Waals surface area (Å²) in [6.45, 7) is 1.78. The number of aromatic nitrogens is 6. The Morgan fingerprint density at radius 3 is 2.63 bits per heavy atom. The molecule has 3 aromatic heterocycles. The van der Waals surface area contributed by atoms with E-state index < -0.39 is 11.5 Å². The van der Waals surface area contributed by atoms with Gasteiger partial charge in [0.15, 0.2) is 17.0 Å². The molecule has 1 saturated carbocycles. The van der Waals surface area contributed by atoms with Gasteiger partial charge in [0.1, 0.15) is 0 Å². The monoisotopic (exact) mass is 406 g/mol. The number of anilines is 1. The molecule has 3 aromatic rings. The first-order chi connectivity index (χ1) is 14.5. The Morgan fingerprint density at radius 2 is 1.93 bits per heavy atom. The van der Waals surface area contributed by atoms with Gasteiger partial charge in [0.2, 0.25) is 17.6 Å². The van der Waals surface area contributed by atoms with Crippen molar-refractivity contribution in [3.63, 3.8) is 0 Å². The van der Waals surface area contributed by atoms with Crippen LogP contribution in [0.15, 0.2) is 24.8 Å². The van der Waals surface area contributed by atoms with Crippen molar-refractivity contribution in [3.05, 3.63) is 36.4 Å². The van der Waals surface area contributed by atoms with Gasteiger partial charge in [-0.05, 0) is 37.7 Å². The molecule has 3 heterocycles. The molecule has 3 N–H and O–H groups in total. The van der Waals surface area contributed by atoms with Crippen LogP contribution in [0.25, 0.3) is 11.2 Å². The average molecular weight is 406 g/mol. The zero-order chi connectivity index (χ0) is 21.3. The van der Waals surface area contributed by atoms with Crippen LogP contribution in [0.4, 0.5) is 5.82 Å². The number of aliphatic hydroxyl groups excluding tert-OH is 1. The minimum atomic E-state index is -0.873. The van der Waals surface area contributed by atoms with Crippen LogP contribution in [0.3, 0.4) is 0 Å². The van der Waals surface area contributed by atoms with E-state index in [2.05, 4.69) is 47.4 Å². The van der Waals surface area contributed by atoms with Gasteiger partial charge in [0, 0.05) is 32.5 Å². The summed E-state index contributed by atoms with van der Waals surface area (Å²) < 4.78 is 1.89. The van der Waals surface area contributed by atoms with Crippen LogP contribution < -0.4 is 10.6 Å². The topological polar surface area (TPSA) is 131 Å². The number of nitrogens with one attached hydrogen (secondary N) is 2. The van der Waals surface area contributed by atoms with Crippen LogP contribution >= 0.6 is 0 Å². The predicted octanol–water partition coefficient (Wildman–Crippen LogP) is 0.506. The molecule has 0 aliphatic heterocycles. The maximum Gasteiger partial charge on any atom is 0.228 e. The lowest BCUT2D eigenvalue weighted by Crippen LogP contribution is -2.42. The summed E-state index contributed by atoms with van der Waals surface area (Å²) in [6, 6.07) is 1.58. The van der Waals surface area contributed by atoms with Crippen molar-refractivity contribution in [2.75, 3.05) is 19.4 Å². The van der Waals surface area contributed by atoms with Gasteiger partial charge in [-0.2, -0.15) is 0 Å². The smallest absolute Gasteiger partial charge is 0.228 e. The number of aliphatic hydroxyl groups is 1. The molecule has 154 valence electrons. The Labute approximate surface area is 173 Å². The van der Waals surface area contributed by atoms with Crippen LogP contribution in [-0.2, 0) is 4.79 Å². The number of fused-ring (bicyclic) bond motifs is 1. The van der Waals surface area contributed by atoms with E-state index in [1.807, 2.05) is 4.57 Å². The summed E-state index contributed by atoms with van der Waals surface area (Å²) in [5, 5.41) is 16.3. The molecular formula is C20H22N8O2. The summed E-state index contributed by atoms with van der Waals surface area (Å²) in [5.41, 5.74) is 0.315. The number of carbonyl (C=O) groups is 1. The van der Waals surface area contributed by atoms with Gasteiger partial charge in [-0.1, -0.05) is 0 Å². The molecule has 10 heteroatoms. The molecule has 10 nitrogen and oxygen atoms in total. The van der Waals surface area contributed by atoms with E-state index in [9.17, 15) is 9.90 Å². The maximum atomic E-state index is 12.3. The Hall–Kier alpha value is -3.58. The molecule has 30 heavy (non-hydrogen) atoms. The van der Waals surface area contributed by atoms with Crippen molar-refractivity contribution in [1.29, 1.82) is 0 Å². The van der Waals surface area contributed by atoms with Crippen molar-refractivity contribution in [2.45, 2.75) is 31.9 Å². The average Bonchev–Trinajstić information content (AvgIpc) is 3.33. The highest BCUT2D eigenvalue weighted by Crippen LogP contribution is 2.45. The van der Waals surface area contributed by atoms with Crippen molar-refractivity contribution >= 4 is 22.9 Å². The first kappa shape index (κ1) is 19.7. The third-order valence-corrected chi connectivity index (χ3v) is 5.54. The number of imidazole rings is 1. The van der Waals surface area contributed by atoms with E-state index in [1.165, 1.54) is 0 Å². The number of carbonyl (C=O) groups excluding carboxylic acids is 1.